The summed E-state index contributed by atoms with van der Waals surface area (Å²) < 4.78 is 14.7. The normalized spacial score (nSPS) is 10.6. The summed E-state index contributed by atoms with van der Waals surface area (Å²) >= 11 is 0. The maximum absolute atomic E-state index is 14.7. The van der Waals surface area contributed by atoms with Gasteiger partial charge in [-0.05, 0) is 78.9 Å². The molecule has 0 saturated carbocycles. The van der Waals surface area contributed by atoms with Gasteiger partial charge in [0.2, 0.25) is 0 Å². The number of aryl methyl sites for hydroxylation is 4. The van der Waals surface area contributed by atoms with Crippen LogP contribution >= 0.6 is 0 Å². The summed E-state index contributed by atoms with van der Waals surface area (Å²) in [5, 5.41) is 1.53. The van der Waals surface area contributed by atoms with Crippen LogP contribution in [0, 0.1) is 24.6 Å². The highest BCUT2D eigenvalue weighted by atomic mass is 19.1. The number of allylic oxidation sites excluding steroid dienone is 1. The van der Waals surface area contributed by atoms with E-state index in [0.29, 0.717) is 11.8 Å². The van der Waals surface area contributed by atoms with Crippen molar-refractivity contribution in [3.05, 3.63) is 131 Å². The standard InChI is InChI=1S/C31H27F/c1-3-4-5-28-19-20-29-22-27(18-21-30(29)31(28)32)17-16-26-14-12-25(13-15-26)11-10-24-8-6-23(2)7-9-24/h3,6-9,12-15,18-22H,1,4-5,10-11H2,2H3. The van der Waals surface area contributed by atoms with Crippen LogP contribution in [0.1, 0.15) is 39.8 Å². The molecule has 0 aliphatic rings. The van der Waals surface area contributed by atoms with Gasteiger partial charge in [-0.2, -0.15) is 0 Å². The Hall–Kier alpha value is -3.63. The lowest BCUT2D eigenvalue weighted by atomic mass is 10.0. The number of halogens is 1. The van der Waals surface area contributed by atoms with Crippen LogP contribution in [0.25, 0.3) is 10.8 Å². The Morgan fingerprint density at radius 2 is 1.38 bits per heavy atom. The molecule has 0 amide bonds. The first-order valence-electron chi connectivity index (χ1n) is 11.1. The molecule has 0 nitrogen and oxygen atoms in total. The molecule has 0 spiro atoms. The van der Waals surface area contributed by atoms with E-state index < -0.39 is 0 Å². The fourth-order valence-electron chi connectivity index (χ4n) is 3.81. The van der Waals surface area contributed by atoms with Crippen LogP contribution in [-0.4, -0.2) is 0 Å². The van der Waals surface area contributed by atoms with Gasteiger partial charge in [-0.3, -0.25) is 0 Å². The first-order chi connectivity index (χ1) is 15.6. The van der Waals surface area contributed by atoms with Crippen molar-refractivity contribution >= 4 is 10.8 Å². The Kier molecular flexibility index (Phi) is 6.83. The molecule has 0 aliphatic carbocycles. The van der Waals surface area contributed by atoms with E-state index in [1.165, 1.54) is 16.7 Å². The van der Waals surface area contributed by atoms with E-state index in [0.717, 1.165) is 41.3 Å². The molecule has 4 rings (SSSR count). The highest BCUT2D eigenvalue weighted by Crippen LogP contribution is 2.23. The highest BCUT2D eigenvalue weighted by molar-refractivity contribution is 5.85. The zero-order chi connectivity index (χ0) is 22.3. The third-order valence-corrected chi connectivity index (χ3v) is 5.78. The molecule has 158 valence electrons. The van der Waals surface area contributed by atoms with Crippen LogP contribution < -0.4 is 0 Å². The molecule has 0 radical (unpaired) electrons. The van der Waals surface area contributed by atoms with Crippen LogP contribution in [0.5, 0.6) is 0 Å². The SMILES string of the molecule is C=CCCc1ccc2cc(C#Cc3ccc(CCc4ccc(C)cc4)cc3)ccc2c1F. The second-order valence-electron chi connectivity index (χ2n) is 8.23. The van der Waals surface area contributed by atoms with Crippen molar-refractivity contribution in [1.29, 1.82) is 0 Å². The van der Waals surface area contributed by atoms with Gasteiger partial charge < -0.3 is 0 Å². The molecule has 0 aliphatic heterocycles. The molecule has 0 unspecified atom stereocenters. The Bertz CT molecular complexity index is 1280. The number of hydrogen-bond acceptors (Lipinski definition) is 0. The van der Waals surface area contributed by atoms with Gasteiger partial charge in [0.15, 0.2) is 0 Å². The Morgan fingerprint density at radius 1 is 0.750 bits per heavy atom. The zero-order valence-corrected chi connectivity index (χ0v) is 18.5. The minimum atomic E-state index is -0.134. The van der Waals surface area contributed by atoms with Gasteiger partial charge >= 0.3 is 0 Å². The maximum Gasteiger partial charge on any atom is 0.134 e. The van der Waals surface area contributed by atoms with E-state index >= 15 is 0 Å². The minimum Gasteiger partial charge on any atom is -0.206 e. The molecule has 4 aromatic rings. The van der Waals surface area contributed by atoms with Crippen LogP contribution in [0.3, 0.4) is 0 Å². The van der Waals surface area contributed by atoms with Crippen molar-refractivity contribution in [1.82, 2.24) is 0 Å². The average Bonchev–Trinajstić information content (AvgIpc) is 2.82. The summed E-state index contributed by atoms with van der Waals surface area (Å²) in [7, 11) is 0. The first kappa shape index (κ1) is 21.6. The van der Waals surface area contributed by atoms with E-state index in [4.69, 9.17) is 0 Å². The van der Waals surface area contributed by atoms with E-state index in [1.54, 1.807) is 0 Å². The molecule has 0 saturated heterocycles. The first-order valence-corrected chi connectivity index (χ1v) is 11.1. The number of rotatable bonds is 6. The number of hydrogen-bond donors (Lipinski definition) is 0. The molecule has 0 N–H and O–H groups in total. The van der Waals surface area contributed by atoms with Gasteiger partial charge in [0.1, 0.15) is 5.82 Å². The monoisotopic (exact) mass is 418 g/mol. The van der Waals surface area contributed by atoms with Crippen molar-refractivity contribution in [3.8, 4) is 11.8 Å². The second kappa shape index (κ2) is 10.1. The molecular formula is C31H27F. The van der Waals surface area contributed by atoms with Crippen molar-refractivity contribution < 1.29 is 4.39 Å². The van der Waals surface area contributed by atoms with Crippen molar-refractivity contribution in [2.24, 2.45) is 0 Å². The molecular weight excluding hydrogens is 391 g/mol. The third kappa shape index (κ3) is 5.34. The largest absolute Gasteiger partial charge is 0.206 e. The minimum absolute atomic E-state index is 0.134. The van der Waals surface area contributed by atoms with Crippen LogP contribution in [0.4, 0.5) is 4.39 Å². The molecule has 32 heavy (non-hydrogen) atoms. The topological polar surface area (TPSA) is 0 Å². The summed E-state index contributed by atoms with van der Waals surface area (Å²) in [5.41, 5.74) is 6.57. The van der Waals surface area contributed by atoms with Gasteiger partial charge in [-0.15, -0.1) is 6.58 Å². The highest BCUT2D eigenvalue weighted by Gasteiger charge is 2.07. The van der Waals surface area contributed by atoms with E-state index in [-0.39, 0.29) is 5.82 Å². The number of benzene rings is 4. The molecule has 4 aromatic carbocycles. The van der Waals surface area contributed by atoms with Gasteiger partial charge in [0.25, 0.3) is 0 Å². The Balaban J connectivity index is 1.44. The number of fused-ring (bicyclic) bond motifs is 1. The lowest BCUT2D eigenvalue weighted by molar-refractivity contribution is 0.621. The van der Waals surface area contributed by atoms with Crippen LogP contribution in [-0.2, 0) is 19.3 Å². The average molecular weight is 419 g/mol. The Labute approximate surface area is 190 Å². The van der Waals surface area contributed by atoms with Gasteiger partial charge in [0.05, 0.1) is 0 Å². The van der Waals surface area contributed by atoms with Gasteiger partial charge in [-0.1, -0.05) is 78.1 Å². The van der Waals surface area contributed by atoms with Crippen LogP contribution in [0.15, 0.2) is 91.5 Å². The quantitative estimate of drug-likeness (QED) is 0.223. The molecule has 0 atom stereocenters. The molecule has 1 heteroatoms. The van der Waals surface area contributed by atoms with Crippen LogP contribution in [0.2, 0.25) is 0 Å². The lowest BCUT2D eigenvalue weighted by Crippen LogP contribution is -1.92. The zero-order valence-electron chi connectivity index (χ0n) is 18.5. The van der Waals surface area contributed by atoms with Gasteiger partial charge in [-0.25, -0.2) is 4.39 Å². The Morgan fingerprint density at radius 3 is 2.06 bits per heavy atom. The van der Waals surface area contributed by atoms with E-state index in [9.17, 15) is 4.39 Å². The fraction of sp³-hybridized carbons (Fsp3) is 0.161. The van der Waals surface area contributed by atoms with E-state index in [1.807, 2.05) is 36.4 Å². The molecule has 0 aromatic heterocycles. The third-order valence-electron chi connectivity index (χ3n) is 5.78. The fourth-order valence-corrected chi connectivity index (χ4v) is 3.81. The predicted molar refractivity (Wildman–Crippen MR) is 133 cm³/mol. The van der Waals surface area contributed by atoms with Gasteiger partial charge in [0, 0.05) is 16.5 Å². The summed E-state index contributed by atoms with van der Waals surface area (Å²) in [5.74, 6) is 6.32. The van der Waals surface area contributed by atoms with Crippen molar-refractivity contribution in [3.63, 3.8) is 0 Å². The second-order valence-corrected chi connectivity index (χ2v) is 8.23. The summed E-state index contributed by atoms with van der Waals surface area (Å²) in [6.45, 7) is 5.83. The summed E-state index contributed by atoms with van der Waals surface area (Å²) in [4.78, 5) is 0. The van der Waals surface area contributed by atoms with Crippen molar-refractivity contribution in [2.75, 3.05) is 0 Å². The van der Waals surface area contributed by atoms with Crippen molar-refractivity contribution in [2.45, 2.75) is 32.6 Å². The predicted octanol–water partition coefficient (Wildman–Crippen LogP) is 7.59. The van der Waals surface area contributed by atoms with E-state index in [2.05, 4.69) is 73.9 Å². The molecule has 0 fully saturated rings. The maximum atomic E-state index is 14.7. The summed E-state index contributed by atoms with van der Waals surface area (Å²) in [6, 6.07) is 26.7. The summed E-state index contributed by atoms with van der Waals surface area (Å²) in [6.07, 6.45) is 5.32. The lowest BCUT2D eigenvalue weighted by Gasteiger charge is -2.06. The molecule has 0 bridgehead atoms. The smallest absolute Gasteiger partial charge is 0.134 e. The molecule has 0 heterocycles.